The first-order valence-corrected chi connectivity index (χ1v) is 11.3. The van der Waals surface area contributed by atoms with E-state index in [9.17, 15) is 4.79 Å². The quantitative estimate of drug-likeness (QED) is 0.719. The zero-order valence-electron chi connectivity index (χ0n) is 17.2. The van der Waals surface area contributed by atoms with E-state index in [-0.39, 0.29) is 5.91 Å². The summed E-state index contributed by atoms with van der Waals surface area (Å²) in [7, 11) is 0. The molecular formula is C24H33N3O2. The van der Waals surface area contributed by atoms with Gasteiger partial charge in [-0.25, -0.2) is 0 Å². The lowest BCUT2D eigenvalue weighted by Crippen LogP contribution is -2.39. The molecule has 2 heterocycles. The minimum atomic E-state index is 0.103. The van der Waals surface area contributed by atoms with Gasteiger partial charge < -0.3 is 15.2 Å². The molecule has 1 aromatic carbocycles. The summed E-state index contributed by atoms with van der Waals surface area (Å²) in [6, 6.07) is 11.9. The van der Waals surface area contributed by atoms with Gasteiger partial charge in [0.25, 0.3) is 0 Å². The minimum Gasteiger partial charge on any atom is -0.361 e. The van der Waals surface area contributed by atoms with Crippen molar-refractivity contribution in [2.75, 3.05) is 18.4 Å². The molecule has 1 aliphatic carbocycles. The van der Waals surface area contributed by atoms with Crippen LogP contribution in [0.4, 0.5) is 5.69 Å². The third-order valence-corrected chi connectivity index (χ3v) is 6.56. The van der Waals surface area contributed by atoms with Gasteiger partial charge in [-0.05, 0) is 55.8 Å². The molecule has 1 aromatic heterocycles. The van der Waals surface area contributed by atoms with Gasteiger partial charge in [0.2, 0.25) is 5.91 Å². The molecule has 1 saturated heterocycles. The van der Waals surface area contributed by atoms with Crippen molar-refractivity contribution in [3.63, 3.8) is 0 Å². The van der Waals surface area contributed by atoms with Crippen molar-refractivity contribution >= 4 is 11.6 Å². The lowest BCUT2D eigenvalue weighted by molar-refractivity contribution is -0.117. The maximum absolute atomic E-state index is 12.5. The molecule has 1 saturated carbocycles. The number of nitrogens with one attached hydrogen (secondary N) is 2. The summed E-state index contributed by atoms with van der Waals surface area (Å²) in [6.07, 6.45) is 10.2. The Kier molecular flexibility index (Phi) is 6.99. The highest BCUT2D eigenvalue weighted by atomic mass is 16.5. The molecule has 2 unspecified atom stereocenters. The molecule has 5 nitrogen and oxygen atoms in total. The second-order valence-electron chi connectivity index (χ2n) is 8.83. The molecule has 29 heavy (non-hydrogen) atoms. The number of hydrogen-bond acceptors (Lipinski definition) is 4. The Morgan fingerprint density at radius 3 is 2.72 bits per heavy atom. The molecule has 5 heteroatoms. The van der Waals surface area contributed by atoms with Crippen LogP contribution in [0, 0.1) is 17.8 Å². The van der Waals surface area contributed by atoms with Crippen LogP contribution in [0.5, 0.6) is 0 Å². The normalized spacial score (nSPS) is 23.0. The molecule has 156 valence electrons. The smallest absolute Gasteiger partial charge is 0.224 e. The van der Waals surface area contributed by atoms with E-state index >= 15 is 0 Å². The number of nitrogens with zero attached hydrogens (tertiary/aromatic N) is 1. The molecule has 2 N–H and O–H groups in total. The van der Waals surface area contributed by atoms with E-state index in [2.05, 4.69) is 21.9 Å². The van der Waals surface area contributed by atoms with Gasteiger partial charge in [0.05, 0.1) is 5.69 Å². The molecule has 2 atom stereocenters. The number of piperidine rings is 1. The van der Waals surface area contributed by atoms with E-state index in [4.69, 9.17) is 4.52 Å². The number of benzene rings is 1. The van der Waals surface area contributed by atoms with Gasteiger partial charge in [-0.2, -0.15) is 0 Å². The maximum Gasteiger partial charge on any atom is 0.224 e. The van der Waals surface area contributed by atoms with Crippen LogP contribution >= 0.6 is 0 Å². The van der Waals surface area contributed by atoms with Crippen LogP contribution in [-0.4, -0.2) is 24.2 Å². The Balaban J connectivity index is 1.31. The second-order valence-corrected chi connectivity index (χ2v) is 8.83. The van der Waals surface area contributed by atoms with E-state index < -0.39 is 0 Å². The summed E-state index contributed by atoms with van der Waals surface area (Å²) < 4.78 is 5.65. The molecule has 2 aromatic rings. The summed E-state index contributed by atoms with van der Waals surface area (Å²) in [5, 5.41) is 10.9. The minimum absolute atomic E-state index is 0.103. The predicted octanol–water partition coefficient (Wildman–Crippen LogP) is 4.59. The highest BCUT2D eigenvalue weighted by Gasteiger charge is 2.28. The van der Waals surface area contributed by atoms with Crippen molar-refractivity contribution in [3.8, 4) is 0 Å². The largest absolute Gasteiger partial charge is 0.361 e. The molecule has 1 amide bonds. The monoisotopic (exact) mass is 395 g/mol. The Labute approximate surface area is 173 Å². The van der Waals surface area contributed by atoms with E-state index in [1.165, 1.54) is 32.1 Å². The first kappa shape index (κ1) is 20.1. The molecular weight excluding hydrogens is 362 g/mol. The average Bonchev–Trinajstić information content (AvgIpc) is 3.18. The van der Waals surface area contributed by atoms with Crippen LogP contribution in [0.2, 0.25) is 0 Å². The van der Waals surface area contributed by atoms with E-state index in [1.54, 1.807) is 0 Å². The van der Waals surface area contributed by atoms with Gasteiger partial charge >= 0.3 is 0 Å². The van der Waals surface area contributed by atoms with Crippen LogP contribution in [0.25, 0.3) is 0 Å². The number of carbonyl (C=O) groups is 1. The van der Waals surface area contributed by atoms with Gasteiger partial charge in [-0.1, -0.05) is 55.5 Å². The highest BCUT2D eigenvalue weighted by molar-refractivity contribution is 5.90. The fourth-order valence-electron chi connectivity index (χ4n) is 4.95. The van der Waals surface area contributed by atoms with Gasteiger partial charge in [0.15, 0.2) is 0 Å². The zero-order valence-corrected chi connectivity index (χ0v) is 17.2. The van der Waals surface area contributed by atoms with Crippen molar-refractivity contribution in [1.29, 1.82) is 0 Å². The Bertz CT molecular complexity index is 767. The molecule has 4 rings (SSSR count). The molecule has 0 spiro atoms. The number of amides is 1. The van der Waals surface area contributed by atoms with Gasteiger partial charge in [-0.15, -0.1) is 0 Å². The first-order valence-electron chi connectivity index (χ1n) is 11.3. The Morgan fingerprint density at radius 1 is 1.07 bits per heavy atom. The Morgan fingerprint density at radius 2 is 1.90 bits per heavy atom. The van der Waals surface area contributed by atoms with Gasteiger partial charge in [0.1, 0.15) is 5.76 Å². The first-order chi connectivity index (χ1) is 14.3. The van der Waals surface area contributed by atoms with E-state index in [1.807, 2.05) is 30.3 Å². The number of carbonyl (C=O) groups excluding carboxylic acids is 1. The molecule has 0 radical (unpaired) electrons. The number of aromatic nitrogens is 1. The van der Waals surface area contributed by atoms with Crippen LogP contribution in [0.3, 0.4) is 0 Å². The highest BCUT2D eigenvalue weighted by Crippen LogP contribution is 2.29. The number of hydrogen-bond donors (Lipinski definition) is 2. The van der Waals surface area contributed by atoms with Crippen LogP contribution in [0.1, 0.15) is 56.4 Å². The summed E-state index contributed by atoms with van der Waals surface area (Å²) in [4.78, 5) is 12.5. The van der Waals surface area contributed by atoms with Crippen LogP contribution in [-0.2, 0) is 17.6 Å². The average molecular weight is 396 g/mol. The maximum atomic E-state index is 12.5. The number of para-hydroxylation sites is 1. The van der Waals surface area contributed by atoms with Crippen molar-refractivity contribution in [1.82, 2.24) is 10.5 Å². The van der Waals surface area contributed by atoms with Crippen LogP contribution < -0.4 is 10.6 Å². The second kappa shape index (κ2) is 10.1. The van der Waals surface area contributed by atoms with Crippen molar-refractivity contribution in [3.05, 3.63) is 47.9 Å². The van der Waals surface area contributed by atoms with E-state index in [0.29, 0.717) is 18.3 Å². The Hall–Kier alpha value is -2.14. The SMILES string of the molecule is O=C(CC1CCNCC1Cc1cc(CC2CCCCC2)on1)Nc1ccccc1. The summed E-state index contributed by atoms with van der Waals surface area (Å²) in [5.74, 6) is 2.69. The third kappa shape index (κ3) is 5.92. The fraction of sp³-hybridized carbons (Fsp3) is 0.583. The standard InChI is InChI=1S/C24H33N3O2/c28-24(26-21-9-5-2-6-10-21)15-19-11-12-25-17-20(19)14-22-16-23(29-27-22)13-18-7-3-1-4-8-18/h2,5-6,9-10,16,18-20,25H,1,3-4,7-8,11-15,17H2,(H,26,28). The lowest BCUT2D eigenvalue weighted by atomic mass is 9.81. The van der Waals surface area contributed by atoms with Gasteiger partial charge in [-0.3, -0.25) is 4.79 Å². The fourth-order valence-corrected chi connectivity index (χ4v) is 4.95. The zero-order chi connectivity index (χ0) is 19.9. The summed E-state index contributed by atoms with van der Waals surface area (Å²) in [5.41, 5.74) is 1.91. The summed E-state index contributed by atoms with van der Waals surface area (Å²) >= 11 is 0. The van der Waals surface area contributed by atoms with Crippen LogP contribution in [0.15, 0.2) is 40.9 Å². The lowest BCUT2D eigenvalue weighted by Gasteiger charge is -2.31. The van der Waals surface area contributed by atoms with Gasteiger partial charge in [0, 0.05) is 24.6 Å². The summed E-state index contributed by atoms with van der Waals surface area (Å²) in [6.45, 7) is 1.92. The molecule has 0 bridgehead atoms. The number of rotatable bonds is 7. The van der Waals surface area contributed by atoms with Crippen molar-refractivity contribution in [2.24, 2.45) is 17.8 Å². The molecule has 2 fully saturated rings. The molecule has 2 aliphatic rings. The topological polar surface area (TPSA) is 67.2 Å². The number of anilines is 1. The molecule has 1 aliphatic heterocycles. The predicted molar refractivity (Wildman–Crippen MR) is 115 cm³/mol. The third-order valence-electron chi connectivity index (χ3n) is 6.56. The van der Waals surface area contributed by atoms with E-state index in [0.717, 1.165) is 55.4 Å². The van der Waals surface area contributed by atoms with Crippen molar-refractivity contribution in [2.45, 2.75) is 57.8 Å². The van der Waals surface area contributed by atoms with Crippen molar-refractivity contribution < 1.29 is 9.32 Å².